The van der Waals surface area contributed by atoms with Crippen molar-refractivity contribution in [2.75, 3.05) is 20.1 Å². The molecule has 0 amide bonds. The van der Waals surface area contributed by atoms with Crippen LogP contribution < -0.4 is 10.6 Å². The second kappa shape index (κ2) is 4.70. The van der Waals surface area contributed by atoms with Gasteiger partial charge >= 0.3 is 0 Å². The van der Waals surface area contributed by atoms with Gasteiger partial charge in [0.05, 0.1) is 10.6 Å². The number of piperidine rings is 1. The van der Waals surface area contributed by atoms with E-state index in [0.29, 0.717) is 0 Å². The van der Waals surface area contributed by atoms with Crippen molar-refractivity contribution in [3.05, 3.63) is 34.6 Å². The molecule has 2 nitrogen and oxygen atoms in total. The molecular formula is C12H16ClFN2. The normalized spacial score (nSPS) is 25.7. The highest BCUT2D eigenvalue weighted by Gasteiger charge is 2.32. The van der Waals surface area contributed by atoms with Crippen LogP contribution in [0.5, 0.6) is 0 Å². The van der Waals surface area contributed by atoms with Crippen molar-refractivity contribution >= 4 is 11.6 Å². The van der Waals surface area contributed by atoms with Crippen LogP contribution in [0.2, 0.25) is 5.02 Å². The molecule has 16 heavy (non-hydrogen) atoms. The maximum Gasteiger partial charge on any atom is 0.141 e. The predicted molar refractivity (Wildman–Crippen MR) is 64.3 cm³/mol. The summed E-state index contributed by atoms with van der Waals surface area (Å²) in [6.07, 6.45) is 2.15. The van der Waals surface area contributed by atoms with Crippen molar-refractivity contribution in [3.63, 3.8) is 0 Å². The van der Waals surface area contributed by atoms with Crippen molar-refractivity contribution < 1.29 is 4.39 Å². The lowest BCUT2D eigenvalue weighted by Crippen LogP contribution is -2.51. The van der Waals surface area contributed by atoms with Crippen LogP contribution in [0.15, 0.2) is 18.2 Å². The number of likely N-dealkylation sites (N-methyl/N-ethyl adjacent to an activating group) is 1. The molecule has 1 aliphatic rings. The summed E-state index contributed by atoms with van der Waals surface area (Å²) in [5.74, 6) is -0.361. The van der Waals surface area contributed by atoms with Crippen LogP contribution in [-0.4, -0.2) is 20.1 Å². The molecule has 4 heteroatoms. The van der Waals surface area contributed by atoms with E-state index in [1.165, 1.54) is 6.07 Å². The highest BCUT2D eigenvalue weighted by Crippen LogP contribution is 2.30. The SMILES string of the molecule is CNC1(c2ccc(F)c(Cl)c2)CCCNC1. The van der Waals surface area contributed by atoms with E-state index in [2.05, 4.69) is 10.6 Å². The highest BCUT2D eigenvalue weighted by molar-refractivity contribution is 6.30. The van der Waals surface area contributed by atoms with Gasteiger partial charge in [-0.05, 0) is 44.1 Å². The molecule has 0 aliphatic carbocycles. The Kier molecular flexibility index (Phi) is 3.47. The van der Waals surface area contributed by atoms with Gasteiger partial charge in [-0.3, -0.25) is 0 Å². The Bertz CT molecular complexity index is 375. The van der Waals surface area contributed by atoms with Gasteiger partial charge in [0.25, 0.3) is 0 Å². The van der Waals surface area contributed by atoms with Gasteiger partial charge in [-0.25, -0.2) is 4.39 Å². The minimum atomic E-state index is -0.361. The van der Waals surface area contributed by atoms with E-state index in [0.717, 1.165) is 31.5 Å². The van der Waals surface area contributed by atoms with Crippen LogP contribution in [0.1, 0.15) is 18.4 Å². The number of nitrogens with one attached hydrogen (secondary N) is 2. The molecule has 2 N–H and O–H groups in total. The van der Waals surface area contributed by atoms with Crippen molar-refractivity contribution in [1.82, 2.24) is 10.6 Å². The molecule has 88 valence electrons. The van der Waals surface area contributed by atoms with Crippen LogP contribution in [0.25, 0.3) is 0 Å². The minimum absolute atomic E-state index is 0.115. The number of hydrogen-bond donors (Lipinski definition) is 2. The molecule has 1 atom stereocenters. The van der Waals surface area contributed by atoms with E-state index < -0.39 is 0 Å². The quantitative estimate of drug-likeness (QED) is 0.832. The summed E-state index contributed by atoms with van der Waals surface area (Å²) in [7, 11) is 1.93. The zero-order chi connectivity index (χ0) is 11.6. The standard InChI is InChI=1S/C12H16ClFN2/c1-15-12(5-2-6-16-8-12)9-3-4-11(14)10(13)7-9/h3-4,7,15-16H,2,5-6,8H2,1H3. The molecule has 0 spiro atoms. The summed E-state index contributed by atoms with van der Waals surface area (Å²) < 4.78 is 13.1. The molecule has 0 radical (unpaired) electrons. The largest absolute Gasteiger partial charge is 0.315 e. The Balaban J connectivity index is 2.35. The van der Waals surface area contributed by atoms with Crippen LogP contribution in [-0.2, 0) is 5.54 Å². The Hall–Kier alpha value is -0.640. The van der Waals surface area contributed by atoms with E-state index in [-0.39, 0.29) is 16.4 Å². The van der Waals surface area contributed by atoms with Gasteiger partial charge in [0.2, 0.25) is 0 Å². The van der Waals surface area contributed by atoms with Crippen molar-refractivity contribution in [1.29, 1.82) is 0 Å². The van der Waals surface area contributed by atoms with E-state index >= 15 is 0 Å². The topological polar surface area (TPSA) is 24.1 Å². The second-order valence-electron chi connectivity index (χ2n) is 4.24. The van der Waals surface area contributed by atoms with E-state index in [4.69, 9.17) is 11.6 Å². The Morgan fingerprint density at radius 1 is 1.50 bits per heavy atom. The summed E-state index contributed by atoms with van der Waals surface area (Å²) in [4.78, 5) is 0. The lowest BCUT2D eigenvalue weighted by atomic mass is 9.83. The number of hydrogen-bond acceptors (Lipinski definition) is 2. The van der Waals surface area contributed by atoms with Gasteiger partial charge in [-0.2, -0.15) is 0 Å². The molecule has 1 fully saturated rings. The number of halogens is 2. The van der Waals surface area contributed by atoms with Crippen molar-refractivity contribution in [3.8, 4) is 0 Å². The third-order valence-electron chi connectivity index (χ3n) is 3.33. The molecule has 1 aromatic rings. The third kappa shape index (κ3) is 2.08. The molecule has 2 rings (SSSR count). The first kappa shape index (κ1) is 11.8. The average Bonchev–Trinajstić information content (AvgIpc) is 2.33. The molecular weight excluding hydrogens is 227 g/mol. The third-order valence-corrected chi connectivity index (χ3v) is 3.62. The lowest BCUT2D eigenvalue weighted by molar-refractivity contribution is 0.269. The van der Waals surface area contributed by atoms with Gasteiger partial charge < -0.3 is 10.6 Å². The summed E-state index contributed by atoms with van der Waals surface area (Å²) in [5, 5.41) is 6.89. The van der Waals surface area contributed by atoms with Crippen LogP contribution in [0.4, 0.5) is 4.39 Å². The Labute approximate surface area is 100 Å². The summed E-state index contributed by atoms with van der Waals surface area (Å²) >= 11 is 5.83. The zero-order valence-electron chi connectivity index (χ0n) is 9.32. The highest BCUT2D eigenvalue weighted by atomic mass is 35.5. The smallest absolute Gasteiger partial charge is 0.141 e. The van der Waals surface area contributed by atoms with E-state index in [9.17, 15) is 4.39 Å². The Morgan fingerprint density at radius 3 is 2.88 bits per heavy atom. The van der Waals surface area contributed by atoms with E-state index in [1.807, 2.05) is 13.1 Å². The molecule has 1 unspecified atom stereocenters. The molecule has 1 saturated heterocycles. The first-order chi connectivity index (χ1) is 7.68. The summed E-state index contributed by atoms with van der Waals surface area (Å²) in [5.41, 5.74) is 0.934. The van der Waals surface area contributed by atoms with Crippen LogP contribution >= 0.6 is 11.6 Å². The fourth-order valence-corrected chi connectivity index (χ4v) is 2.48. The average molecular weight is 243 g/mol. The van der Waals surface area contributed by atoms with E-state index in [1.54, 1.807) is 6.07 Å². The monoisotopic (exact) mass is 242 g/mol. The molecule has 1 heterocycles. The lowest BCUT2D eigenvalue weighted by Gasteiger charge is -2.38. The predicted octanol–water partition coefficient (Wildman–Crippen LogP) is 2.28. The minimum Gasteiger partial charge on any atom is -0.315 e. The molecule has 0 saturated carbocycles. The van der Waals surface area contributed by atoms with Gasteiger partial charge in [-0.1, -0.05) is 17.7 Å². The maximum absolute atomic E-state index is 13.1. The summed E-state index contributed by atoms with van der Waals surface area (Å²) in [6, 6.07) is 4.97. The molecule has 0 bridgehead atoms. The fourth-order valence-electron chi connectivity index (χ4n) is 2.30. The van der Waals surface area contributed by atoms with Crippen molar-refractivity contribution in [2.24, 2.45) is 0 Å². The first-order valence-corrected chi connectivity index (χ1v) is 5.91. The molecule has 1 aliphatic heterocycles. The maximum atomic E-state index is 13.1. The van der Waals surface area contributed by atoms with Gasteiger partial charge in [0.1, 0.15) is 5.82 Å². The van der Waals surface area contributed by atoms with Gasteiger partial charge in [0, 0.05) is 6.54 Å². The van der Waals surface area contributed by atoms with Crippen LogP contribution in [0, 0.1) is 5.82 Å². The molecule has 0 aromatic heterocycles. The van der Waals surface area contributed by atoms with Crippen molar-refractivity contribution in [2.45, 2.75) is 18.4 Å². The first-order valence-electron chi connectivity index (χ1n) is 5.53. The van der Waals surface area contributed by atoms with Gasteiger partial charge in [0.15, 0.2) is 0 Å². The Morgan fingerprint density at radius 2 is 2.31 bits per heavy atom. The summed E-state index contributed by atoms with van der Waals surface area (Å²) in [6.45, 7) is 1.89. The second-order valence-corrected chi connectivity index (χ2v) is 4.65. The fraction of sp³-hybridized carbons (Fsp3) is 0.500. The number of benzene rings is 1. The zero-order valence-corrected chi connectivity index (χ0v) is 10.1. The van der Waals surface area contributed by atoms with Crippen LogP contribution in [0.3, 0.4) is 0 Å². The molecule has 1 aromatic carbocycles. The van der Waals surface area contributed by atoms with Gasteiger partial charge in [-0.15, -0.1) is 0 Å². The number of rotatable bonds is 2.